The van der Waals surface area contributed by atoms with Crippen molar-refractivity contribution >= 4 is 45.8 Å². The second-order valence-electron chi connectivity index (χ2n) is 9.42. The van der Waals surface area contributed by atoms with Crippen LogP contribution in [0.5, 0.6) is 0 Å². The number of hydrogen-bond acceptors (Lipinski definition) is 4. The van der Waals surface area contributed by atoms with Crippen LogP contribution in [0.3, 0.4) is 0 Å². The van der Waals surface area contributed by atoms with Crippen molar-refractivity contribution in [3.8, 4) is 0 Å². The second kappa shape index (κ2) is 10.7. The lowest BCUT2D eigenvalue weighted by molar-refractivity contribution is -0.118. The lowest BCUT2D eigenvalue weighted by Gasteiger charge is -2.33. The van der Waals surface area contributed by atoms with Gasteiger partial charge in [-0.3, -0.25) is 14.4 Å². The molecule has 2 fully saturated rings. The highest BCUT2D eigenvalue weighted by Crippen LogP contribution is 2.23. The number of hydrogen-bond donors (Lipinski definition) is 3. The van der Waals surface area contributed by atoms with Crippen molar-refractivity contribution in [1.82, 2.24) is 16.0 Å². The van der Waals surface area contributed by atoms with E-state index in [2.05, 4.69) is 16.0 Å². The standard InChI is InChI=1S/C28H29ClN4O3/c29-22-10-7-19-15-21(6-5-20(19)16-22)28(36)32-25-4-2-1-3-24(25)31-27(35)18-8-11-23(12-9-18)33-14-13-30-17-26(33)34/h5-12,15-16,24-25,30H,1-4,13-14,17H2,(H,31,35)(H,32,36). The largest absolute Gasteiger partial charge is 0.347 e. The van der Waals surface area contributed by atoms with Crippen LogP contribution in [-0.2, 0) is 4.79 Å². The zero-order chi connectivity index (χ0) is 25.1. The predicted molar refractivity (Wildman–Crippen MR) is 142 cm³/mol. The lowest BCUT2D eigenvalue weighted by atomic mass is 9.89. The van der Waals surface area contributed by atoms with Crippen molar-refractivity contribution in [2.24, 2.45) is 0 Å². The van der Waals surface area contributed by atoms with E-state index in [9.17, 15) is 14.4 Å². The van der Waals surface area contributed by atoms with Crippen LogP contribution in [0.15, 0.2) is 60.7 Å². The van der Waals surface area contributed by atoms with E-state index in [0.717, 1.165) is 48.7 Å². The molecular weight excluding hydrogens is 476 g/mol. The number of rotatable bonds is 5. The van der Waals surface area contributed by atoms with Crippen LogP contribution in [0.1, 0.15) is 46.4 Å². The minimum atomic E-state index is -0.179. The highest BCUT2D eigenvalue weighted by molar-refractivity contribution is 6.31. The molecule has 3 N–H and O–H groups in total. The molecule has 36 heavy (non-hydrogen) atoms. The summed E-state index contributed by atoms with van der Waals surface area (Å²) in [6.07, 6.45) is 3.61. The Morgan fingerprint density at radius 3 is 2.14 bits per heavy atom. The Bertz CT molecular complexity index is 1290. The number of piperazine rings is 1. The number of benzene rings is 3. The number of halogens is 1. The number of amides is 3. The van der Waals surface area contributed by atoms with Crippen molar-refractivity contribution in [1.29, 1.82) is 0 Å². The Morgan fingerprint density at radius 2 is 1.44 bits per heavy atom. The van der Waals surface area contributed by atoms with Crippen LogP contribution >= 0.6 is 11.6 Å². The molecule has 1 saturated carbocycles. The number of anilines is 1. The van der Waals surface area contributed by atoms with Crippen LogP contribution in [0.2, 0.25) is 5.02 Å². The SMILES string of the molecule is O=C(NC1CCCCC1NC(=O)c1ccc2cc(Cl)ccc2c1)c1ccc(N2CCNCC2=O)cc1. The predicted octanol–water partition coefficient (Wildman–Crippen LogP) is 3.90. The van der Waals surface area contributed by atoms with Gasteiger partial charge in [0.1, 0.15) is 0 Å². The summed E-state index contributed by atoms with van der Waals surface area (Å²) in [5.74, 6) is -0.306. The van der Waals surface area contributed by atoms with Gasteiger partial charge in [-0.1, -0.05) is 36.6 Å². The summed E-state index contributed by atoms with van der Waals surface area (Å²) in [6, 6.07) is 18.0. The van der Waals surface area contributed by atoms with E-state index in [4.69, 9.17) is 11.6 Å². The van der Waals surface area contributed by atoms with Crippen molar-refractivity contribution in [2.75, 3.05) is 24.5 Å². The Balaban J connectivity index is 1.24. The maximum Gasteiger partial charge on any atom is 0.251 e. The van der Waals surface area contributed by atoms with Gasteiger partial charge in [0.15, 0.2) is 0 Å². The molecule has 0 bridgehead atoms. The van der Waals surface area contributed by atoms with E-state index in [1.807, 2.05) is 42.5 Å². The number of carbonyl (C=O) groups is 3. The van der Waals surface area contributed by atoms with Gasteiger partial charge in [0.05, 0.1) is 6.54 Å². The summed E-state index contributed by atoms with van der Waals surface area (Å²) in [4.78, 5) is 39.9. The van der Waals surface area contributed by atoms with E-state index in [0.29, 0.717) is 29.2 Å². The van der Waals surface area contributed by atoms with Gasteiger partial charge < -0.3 is 20.9 Å². The van der Waals surface area contributed by atoms with Crippen LogP contribution in [0.25, 0.3) is 10.8 Å². The van der Waals surface area contributed by atoms with Gasteiger partial charge in [0.25, 0.3) is 11.8 Å². The summed E-state index contributed by atoms with van der Waals surface area (Å²) in [5.41, 5.74) is 1.90. The summed E-state index contributed by atoms with van der Waals surface area (Å²) in [7, 11) is 0. The third-order valence-electron chi connectivity index (χ3n) is 6.99. The number of fused-ring (bicyclic) bond motifs is 1. The highest BCUT2D eigenvalue weighted by atomic mass is 35.5. The van der Waals surface area contributed by atoms with Crippen LogP contribution < -0.4 is 20.9 Å². The van der Waals surface area contributed by atoms with Gasteiger partial charge in [-0.2, -0.15) is 0 Å². The van der Waals surface area contributed by atoms with Gasteiger partial charge in [-0.05, 0) is 72.1 Å². The number of nitrogens with one attached hydrogen (secondary N) is 3. The van der Waals surface area contributed by atoms with Crippen molar-refractivity contribution in [3.05, 3.63) is 76.8 Å². The Labute approximate surface area is 215 Å². The van der Waals surface area contributed by atoms with E-state index in [-0.39, 0.29) is 29.8 Å². The van der Waals surface area contributed by atoms with Gasteiger partial charge in [-0.25, -0.2) is 0 Å². The highest BCUT2D eigenvalue weighted by Gasteiger charge is 2.28. The minimum Gasteiger partial charge on any atom is -0.347 e. The zero-order valence-electron chi connectivity index (χ0n) is 19.9. The summed E-state index contributed by atoms with van der Waals surface area (Å²) < 4.78 is 0. The molecule has 8 heteroatoms. The van der Waals surface area contributed by atoms with E-state index in [1.54, 1.807) is 23.1 Å². The average Bonchev–Trinajstić information content (AvgIpc) is 2.90. The molecule has 3 aromatic carbocycles. The average molecular weight is 505 g/mol. The monoisotopic (exact) mass is 504 g/mol. The van der Waals surface area contributed by atoms with E-state index in [1.165, 1.54) is 0 Å². The molecule has 0 aromatic heterocycles. The molecule has 1 aliphatic heterocycles. The molecule has 2 aliphatic rings. The second-order valence-corrected chi connectivity index (χ2v) is 9.86. The van der Waals surface area contributed by atoms with Crippen molar-refractivity contribution in [2.45, 2.75) is 37.8 Å². The fourth-order valence-corrected chi connectivity index (χ4v) is 5.19. The molecule has 186 valence electrons. The molecule has 0 radical (unpaired) electrons. The third-order valence-corrected chi connectivity index (χ3v) is 7.23. The number of nitrogens with zero attached hydrogens (tertiary/aromatic N) is 1. The molecule has 3 amide bonds. The van der Waals surface area contributed by atoms with E-state index < -0.39 is 0 Å². The summed E-state index contributed by atoms with van der Waals surface area (Å²) in [6.45, 7) is 1.68. The summed E-state index contributed by atoms with van der Waals surface area (Å²) >= 11 is 6.07. The molecule has 5 rings (SSSR count). The first-order chi connectivity index (χ1) is 17.5. The Morgan fingerprint density at radius 1 is 0.833 bits per heavy atom. The van der Waals surface area contributed by atoms with E-state index >= 15 is 0 Å². The third kappa shape index (κ3) is 5.37. The Hall–Kier alpha value is -3.42. The molecule has 1 heterocycles. The smallest absolute Gasteiger partial charge is 0.251 e. The molecule has 3 aromatic rings. The molecular formula is C28H29ClN4O3. The van der Waals surface area contributed by atoms with Crippen molar-refractivity contribution < 1.29 is 14.4 Å². The first-order valence-corrected chi connectivity index (χ1v) is 12.8. The summed E-state index contributed by atoms with van der Waals surface area (Å²) in [5, 5.41) is 11.9. The molecule has 1 aliphatic carbocycles. The molecule has 7 nitrogen and oxygen atoms in total. The first-order valence-electron chi connectivity index (χ1n) is 12.4. The van der Waals surface area contributed by atoms with Gasteiger partial charge in [-0.15, -0.1) is 0 Å². The van der Waals surface area contributed by atoms with Gasteiger partial charge >= 0.3 is 0 Å². The zero-order valence-corrected chi connectivity index (χ0v) is 20.7. The fourth-order valence-electron chi connectivity index (χ4n) is 5.01. The van der Waals surface area contributed by atoms with Crippen molar-refractivity contribution in [3.63, 3.8) is 0 Å². The van der Waals surface area contributed by atoms with Gasteiger partial charge in [0, 0.05) is 47.0 Å². The minimum absolute atomic E-state index is 0.0226. The fraction of sp³-hybridized carbons (Fsp3) is 0.321. The van der Waals surface area contributed by atoms with Crippen LogP contribution in [0, 0.1) is 0 Å². The first kappa shape index (κ1) is 24.3. The topological polar surface area (TPSA) is 90.5 Å². The maximum atomic E-state index is 13.1. The lowest BCUT2D eigenvalue weighted by Crippen LogP contribution is -2.53. The molecule has 2 unspecified atom stereocenters. The number of carbonyl (C=O) groups excluding carboxylic acids is 3. The molecule has 0 spiro atoms. The van der Waals surface area contributed by atoms with Gasteiger partial charge in [0.2, 0.25) is 5.91 Å². The quantitative estimate of drug-likeness (QED) is 0.491. The Kier molecular flexibility index (Phi) is 7.20. The van der Waals surface area contributed by atoms with Crippen LogP contribution in [0.4, 0.5) is 5.69 Å². The molecule has 1 saturated heterocycles. The molecule has 2 atom stereocenters. The van der Waals surface area contributed by atoms with Crippen LogP contribution in [-0.4, -0.2) is 49.4 Å². The normalized spacial score (nSPS) is 20.2. The maximum absolute atomic E-state index is 13.1.